The molecule has 7 nitrogen and oxygen atoms in total. The quantitative estimate of drug-likeness (QED) is 0.673. The Morgan fingerprint density at radius 1 is 0.931 bits per heavy atom. The fraction of sp³-hybridized carbons (Fsp3) is 0.333. The van der Waals surface area contributed by atoms with Crippen molar-refractivity contribution in [2.75, 3.05) is 10.6 Å². The zero-order chi connectivity index (χ0) is 21.2. The van der Waals surface area contributed by atoms with Crippen molar-refractivity contribution < 1.29 is 18.0 Å². The number of hydrogen-bond acceptors (Lipinski definition) is 4. The number of carbonyl (C=O) groups is 2. The topological polar surface area (TPSA) is 104 Å². The van der Waals surface area contributed by atoms with Crippen LogP contribution in [0.15, 0.2) is 53.4 Å². The van der Waals surface area contributed by atoms with E-state index in [0.29, 0.717) is 16.9 Å². The Hall–Kier alpha value is -2.71. The van der Waals surface area contributed by atoms with E-state index in [4.69, 9.17) is 0 Å². The summed E-state index contributed by atoms with van der Waals surface area (Å²) in [7, 11) is -3.70. The zero-order valence-electron chi connectivity index (χ0n) is 16.7. The third-order valence-electron chi connectivity index (χ3n) is 4.21. The molecule has 0 heterocycles. The van der Waals surface area contributed by atoms with E-state index in [0.717, 1.165) is 12.8 Å². The number of anilines is 2. The van der Waals surface area contributed by atoms with Crippen LogP contribution in [0.25, 0.3) is 0 Å². The first-order chi connectivity index (χ1) is 13.5. The van der Waals surface area contributed by atoms with Crippen molar-refractivity contribution in [2.45, 2.75) is 44.0 Å². The third kappa shape index (κ3) is 5.88. The number of benzene rings is 2. The zero-order valence-corrected chi connectivity index (χ0v) is 17.5. The molecule has 1 fully saturated rings. The summed E-state index contributed by atoms with van der Waals surface area (Å²) in [5.74, 6) is -0.262. The van der Waals surface area contributed by atoms with E-state index in [1.165, 1.54) is 12.1 Å². The largest absolute Gasteiger partial charge is 0.326 e. The second-order valence-electron chi connectivity index (χ2n) is 8.18. The fourth-order valence-corrected chi connectivity index (χ4v) is 4.16. The minimum Gasteiger partial charge on any atom is -0.326 e. The molecule has 154 valence electrons. The third-order valence-corrected chi connectivity index (χ3v) is 5.96. The molecule has 29 heavy (non-hydrogen) atoms. The van der Waals surface area contributed by atoms with E-state index in [9.17, 15) is 18.0 Å². The highest BCUT2D eigenvalue weighted by Crippen LogP contribution is 2.30. The van der Waals surface area contributed by atoms with Crippen LogP contribution < -0.4 is 15.4 Å². The van der Waals surface area contributed by atoms with E-state index in [2.05, 4.69) is 15.4 Å². The molecule has 0 atom stereocenters. The molecule has 2 aromatic carbocycles. The number of nitrogens with one attached hydrogen (secondary N) is 3. The lowest BCUT2D eigenvalue weighted by molar-refractivity contribution is -0.117. The van der Waals surface area contributed by atoms with Gasteiger partial charge in [0.2, 0.25) is 15.9 Å². The van der Waals surface area contributed by atoms with Gasteiger partial charge in [-0.2, -0.15) is 0 Å². The molecule has 3 N–H and O–H groups in total. The molecule has 1 aliphatic carbocycles. The van der Waals surface area contributed by atoms with Crippen LogP contribution in [0.5, 0.6) is 0 Å². The van der Waals surface area contributed by atoms with Crippen molar-refractivity contribution in [1.29, 1.82) is 0 Å². The molecular formula is C21H25N3O4S. The Balaban J connectivity index is 1.68. The van der Waals surface area contributed by atoms with Gasteiger partial charge < -0.3 is 10.6 Å². The van der Waals surface area contributed by atoms with Gasteiger partial charge in [0.1, 0.15) is 0 Å². The van der Waals surface area contributed by atoms with Gasteiger partial charge in [0.25, 0.3) is 5.91 Å². The average Bonchev–Trinajstić information content (AvgIpc) is 3.46. The lowest BCUT2D eigenvalue weighted by Gasteiger charge is -2.20. The summed E-state index contributed by atoms with van der Waals surface area (Å²) in [5, 5.41) is 5.52. The average molecular weight is 416 g/mol. The maximum atomic E-state index is 12.5. The van der Waals surface area contributed by atoms with Crippen LogP contribution in [0.1, 0.15) is 44.0 Å². The molecule has 0 unspecified atom stereocenters. The summed E-state index contributed by atoms with van der Waals surface area (Å²) >= 11 is 0. The molecule has 8 heteroatoms. The second-order valence-corrected chi connectivity index (χ2v) is 9.86. The van der Waals surface area contributed by atoms with E-state index >= 15 is 0 Å². The smallest absolute Gasteiger partial charge is 0.255 e. The van der Waals surface area contributed by atoms with Crippen molar-refractivity contribution in [3.05, 3.63) is 54.1 Å². The van der Waals surface area contributed by atoms with Gasteiger partial charge >= 0.3 is 0 Å². The first kappa shape index (κ1) is 21.0. The minimum atomic E-state index is -3.70. The highest BCUT2D eigenvalue weighted by molar-refractivity contribution is 7.89. The summed E-state index contributed by atoms with van der Waals surface area (Å²) < 4.78 is 27.5. The van der Waals surface area contributed by atoms with Crippen molar-refractivity contribution >= 4 is 33.2 Å². The molecule has 3 rings (SSSR count). The number of sulfonamides is 1. The van der Waals surface area contributed by atoms with E-state index in [1.807, 2.05) is 0 Å². The first-order valence-corrected chi connectivity index (χ1v) is 10.9. The first-order valence-electron chi connectivity index (χ1n) is 9.40. The van der Waals surface area contributed by atoms with E-state index < -0.39 is 15.6 Å². The van der Waals surface area contributed by atoms with Crippen LogP contribution in [0.3, 0.4) is 0 Å². The fourth-order valence-electron chi connectivity index (χ4n) is 2.70. The molecule has 2 aromatic rings. The van der Waals surface area contributed by atoms with E-state index in [1.54, 1.807) is 57.2 Å². The summed E-state index contributed by atoms with van der Waals surface area (Å²) in [5.41, 5.74) is 0.794. The summed E-state index contributed by atoms with van der Waals surface area (Å²) in [6.07, 6.45) is 1.85. The second kappa shape index (κ2) is 7.96. The van der Waals surface area contributed by atoms with Crippen LogP contribution >= 0.6 is 0 Å². The number of rotatable bonds is 6. The van der Waals surface area contributed by atoms with Crippen molar-refractivity contribution in [3.63, 3.8) is 0 Å². The van der Waals surface area contributed by atoms with Gasteiger partial charge in [-0.3, -0.25) is 9.59 Å². The molecular weight excluding hydrogens is 390 g/mol. The van der Waals surface area contributed by atoms with Crippen molar-refractivity contribution in [2.24, 2.45) is 5.92 Å². The van der Waals surface area contributed by atoms with Crippen LogP contribution in [0.2, 0.25) is 0 Å². The van der Waals surface area contributed by atoms with Crippen LogP contribution in [0.4, 0.5) is 11.4 Å². The van der Waals surface area contributed by atoms with Gasteiger partial charge in [-0.1, -0.05) is 6.07 Å². The standard InChI is InChI=1S/C21H25N3O4S/c1-21(2,3)24-29(27,28)18-6-4-5-17(13-18)23-20(26)15-9-11-16(12-10-15)22-19(25)14-7-8-14/h4-6,9-14,24H,7-8H2,1-3H3,(H,22,25)(H,23,26). The van der Waals surface area contributed by atoms with Gasteiger partial charge in [-0.15, -0.1) is 0 Å². The Kier molecular flexibility index (Phi) is 5.77. The molecule has 0 aliphatic heterocycles. The van der Waals surface area contributed by atoms with Gasteiger partial charge in [-0.05, 0) is 76.1 Å². The molecule has 1 aliphatic rings. The minimum absolute atomic E-state index is 0.00379. The van der Waals surface area contributed by atoms with Gasteiger partial charge in [0.05, 0.1) is 4.90 Å². The maximum absolute atomic E-state index is 12.5. The Morgan fingerprint density at radius 2 is 1.59 bits per heavy atom. The molecule has 0 radical (unpaired) electrons. The highest BCUT2D eigenvalue weighted by atomic mass is 32.2. The summed E-state index contributed by atoms with van der Waals surface area (Å²) in [6, 6.07) is 12.6. The van der Waals surface area contributed by atoms with Crippen molar-refractivity contribution in [1.82, 2.24) is 4.72 Å². The van der Waals surface area contributed by atoms with Crippen LogP contribution in [-0.4, -0.2) is 25.8 Å². The molecule has 0 aromatic heterocycles. The monoisotopic (exact) mass is 415 g/mol. The van der Waals surface area contributed by atoms with Crippen molar-refractivity contribution in [3.8, 4) is 0 Å². The van der Waals surface area contributed by atoms with Crippen LogP contribution in [0, 0.1) is 5.92 Å². The number of hydrogen-bond donors (Lipinski definition) is 3. The molecule has 0 saturated heterocycles. The Morgan fingerprint density at radius 3 is 2.17 bits per heavy atom. The lowest BCUT2D eigenvalue weighted by Crippen LogP contribution is -2.40. The molecule has 0 spiro atoms. The normalized spacial score (nSPS) is 14.3. The molecule has 0 bridgehead atoms. The van der Waals surface area contributed by atoms with Gasteiger partial charge in [0, 0.05) is 28.4 Å². The van der Waals surface area contributed by atoms with E-state index in [-0.39, 0.29) is 22.6 Å². The SMILES string of the molecule is CC(C)(C)NS(=O)(=O)c1cccc(NC(=O)c2ccc(NC(=O)C3CC3)cc2)c1. The Labute approximate surface area is 171 Å². The highest BCUT2D eigenvalue weighted by Gasteiger charge is 2.29. The number of carbonyl (C=O) groups excluding carboxylic acids is 2. The van der Waals surface area contributed by atoms with Crippen LogP contribution in [-0.2, 0) is 14.8 Å². The molecule has 2 amide bonds. The summed E-state index contributed by atoms with van der Waals surface area (Å²) in [4.78, 5) is 24.4. The van der Waals surface area contributed by atoms with Gasteiger partial charge in [0.15, 0.2) is 0 Å². The predicted molar refractivity (Wildman–Crippen MR) is 112 cm³/mol. The lowest BCUT2D eigenvalue weighted by atomic mass is 10.1. The number of amides is 2. The van der Waals surface area contributed by atoms with Gasteiger partial charge in [-0.25, -0.2) is 13.1 Å². The predicted octanol–water partition coefficient (Wildman–Crippen LogP) is 3.36. The maximum Gasteiger partial charge on any atom is 0.255 e. The Bertz CT molecular complexity index is 1020. The molecule has 1 saturated carbocycles. The summed E-state index contributed by atoms with van der Waals surface area (Å²) in [6.45, 7) is 5.27.